The zero-order chi connectivity index (χ0) is 34.4. The van der Waals surface area contributed by atoms with Gasteiger partial charge in [0.25, 0.3) is 0 Å². The van der Waals surface area contributed by atoms with Crippen molar-refractivity contribution in [2.45, 2.75) is 54.4 Å². The van der Waals surface area contributed by atoms with Crippen LogP contribution in [0.1, 0.15) is 57.5 Å². The lowest BCUT2D eigenvalue weighted by molar-refractivity contribution is 0.228. The predicted molar refractivity (Wildman–Crippen MR) is 201 cm³/mol. The summed E-state index contributed by atoms with van der Waals surface area (Å²) in [4.78, 5) is 4.78. The van der Waals surface area contributed by atoms with Gasteiger partial charge < -0.3 is 9.47 Å². The molecule has 0 N–H and O–H groups in total. The van der Waals surface area contributed by atoms with E-state index in [1.54, 1.807) is 13.3 Å². The second-order valence-corrected chi connectivity index (χ2v) is 14.2. The standard InChI is InChI=1S/C43H44N4O2/c1-27(28(2)43(5,6)7)32-17-20-39-38(23-32)37-19-18-36(25-40(37)46(39)41-26-34(48-8)21-22-44-41)49-35-16-12-15-33(24-35)47-30(4)42(29(3)45-47)31-13-10-9-11-14-31/h9-28H,1-8H3. The van der Waals surface area contributed by atoms with Crippen LogP contribution in [0.5, 0.6) is 17.2 Å². The van der Waals surface area contributed by atoms with Gasteiger partial charge >= 0.3 is 0 Å². The van der Waals surface area contributed by atoms with Crippen molar-refractivity contribution in [2.24, 2.45) is 11.3 Å². The van der Waals surface area contributed by atoms with Crippen LogP contribution in [-0.2, 0) is 0 Å². The number of hydrogen-bond acceptors (Lipinski definition) is 4. The smallest absolute Gasteiger partial charge is 0.141 e. The van der Waals surface area contributed by atoms with Gasteiger partial charge in [0.15, 0.2) is 0 Å². The molecule has 0 saturated carbocycles. The molecule has 0 saturated heterocycles. The first-order chi connectivity index (χ1) is 23.5. The number of ether oxygens (including phenoxy) is 2. The Balaban J connectivity index is 1.30. The largest absolute Gasteiger partial charge is 0.497 e. The molecule has 0 amide bonds. The van der Waals surface area contributed by atoms with Crippen LogP contribution in [0.3, 0.4) is 0 Å². The minimum atomic E-state index is 0.204. The van der Waals surface area contributed by atoms with E-state index in [0.29, 0.717) is 11.8 Å². The van der Waals surface area contributed by atoms with E-state index < -0.39 is 0 Å². The topological polar surface area (TPSA) is 54.1 Å². The van der Waals surface area contributed by atoms with Gasteiger partial charge in [0.05, 0.1) is 29.5 Å². The molecule has 2 atom stereocenters. The summed E-state index contributed by atoms with van der Waals surface area (Å²) in [7, 11) is 1.68. The van der Waals surface area contributed by atoms with Gasteiger partial charge in [-0.3, -0.25) is 4.57 Å². The minimum absolute atomic E-state index is 0.204. The number of fused-ring (bicyclic) bond motifs is 3. The van der Waals surface area contributed by atoms with Crippen molar-refractivity contribution in [1.29, 1.82) is 0 Å². The number of rotatable bonds is 8. The molecule has 4 aromatic carbocycles. The quantitative estimate of drug-likeness (QED) is 0.165. The summed E-state index contributed by atoms with van der Waals surface area (Å²) < 4.78 is 16.4. The van der Waals surface area contributed by atoms with Crippen molar-refractivity contribution >= 4 is 21.8 Å². The van der Waals surface area contributed by atoms with Crippen molar-refractivity contribution in [1.82, 2.24) is 19.3 Å². The maximum absolute atomic E-state index is 6.57. The molecule has 248 valence electrons. The minimum Gasteiger partial charge on any atom is -0.497 e. The van der Waals surface area contributed by atoms with Crippen LogP contribution >= 0.6 is 0 Å². The van der Waals surface area contributed by atoms with Crippen LogP contribution in [0.15, 0.2) is 109 Å². The molecule has 7 rings (SSSR count). The molecule has 2 unspecified atom stereocenters. The Morgan fingerprint density at radius 3 is 2.24 bits per heavy atom. The molecule has 3 aromatic heterocycles. The molecule has 0 aliphatic rings. The fourth-order valence-electron chi connectivity index (χ4n) is 7.03. The number of pyridine rings is 1. The molecule has 7 aromatic rings. The second kappa shape index (κ2) is 12.6. The van der Waals surface area contributed by atoms with Crippen molar-refractivity contribution in [3.63, 3.8) is 0 Å². The maximum Gasteiger partial charge on any atom is 0.141 e. The van der Waals surface area contributed by atoms with Crippen molar-refractivity contribution in [3.8, 4) is 39.9 Å². The molecule has 6 nitrogen and oxygen atoms in total. The number of benzene rings is 4. The predicted octanol–water partition coefficient (Wildman–Crippen LogP) is 11.2. The highest BCUT2D eigenvalue weighted by Crippen LogP contribution is 2.41. The maximum atomic E-state index is 6.57. The zero-order valence-corrected chi connectivity index (χ0v) is 29.7. The lowest BCUT2D eigenvalue weighted by atomic mass is 9.72. The van der Waals surface area contributed by atoms with Gasteiger partial charge in [-0.25, -0.2) is 9.67 Å². The first-order valence-corrected chi connectivity index (χ1v) is 17.0. The Hall–Kier alpha value is -5.36. The Kier molecular flexibility index (Phi) is 8.27. The van der Waals surface area contributed by atoms with Crippen LogP contribution < -0.4 is 9.47 Å². The Morgan fingerprint density at radius 1 is 0.714 bits per heavy atom. The molecule has 0 spiro atoms. The summed E-state index contributed by atoms with van der Waals surface area (Å²) >= 11 is 0. The SMILES string of the molecule is COc1ccnc(-n2c3ccc(C(C)C(C)C(C)(C)C)cc3c3ccc(Oc4cccc(-n5nc(C)c(-c6ccccc6)c5C)c4)cc32)c1. The third-order valence-electron chi connectivity index (χ3n) is 10.2. The lowest BCUT2D eigenvalue weighted by Crippen LogP contribution is -2.22. The van der Waals surface area contributed by atoms with Crippen molar-refractivity contribution in [3.05, 3.63) is 126 Å². The summed E-state index contributed by atoms with van der Waals surface area (Å²) in [5.74, 6) is 3.94. The number of aryl methyl sites for hydroxylation is 1. The highest BCUT2D eigenvalue weighted by Gasteiger charge is 2.27. The van der Waals surface area contributed by atoms with E-state index >= 15 is 0 Å². The van der Waals surface area contributed by atoms with Gasteiger partial charge in [-0.1, -0.05) is 77.1 Å². The van der Waals surface area contributed by atoms with E-state index in [2.05, 4.69) is 120 Å². The average molecular weight is 649 g/mol. The average Bonchev–Trinajstić information content (AvgIpc) is 3.59. The van der Waals surface area contributed by atoms with Gasteiger partial charge in [-0.15, -0.1) is 0 Å². The number of methoxy groups -OCH3 is 1. The molecule has 0 aliphatic carbocycles. The monoisotopic (exact) mass is 648 g/mol. The van der Waals surface area contributed by atoms with E-state index in [-0.39, 0.29) is 5.41 Å². The van der Waals surface area contributed by atoms with Gasteiger partial charge in [-0.2, -0.15) is 5.10 Å². The van der Waals surface area contributed by atoms with E-state index in [1.165, 1.54) is 10.9 Å². The fraction of sp³-hybridized carbons (Fsp3) is 0.256. The third-order valence-corrected chi connectivity index (χ3v) is 10.2. The molecule has 0 fully saturated rings. The first kappa shape index (κ1) is 32.2. The Labute approximate surface area is 289 Å². The lowest BCUT2D eigenvalue weighted by Gasteiger charge is -2.32. The molecular weight excluding hydrogens is 604 g/mol. The van der Waals surface area contributed by atoms with E-state index in [9.17, 15) is 0 Å². The van der Waals surface area contributed by atoms with Crippen LogP contribution in [-0.4, -0.2) is 26.4 Å². The van der Waals surface area contributed by atoms with E-state index in [4.69, 9.17) is 19.6 Å². The van der Waals surface area contributed by atoms with Gasteiger partial charge in [0.2, 0.25) is 0 Å². The van der Waals surface area contributed by atoms with Crippen LogP contribution in [0.25, 0.3) is 44.4 Å². The molecule has 49 heavy (non-hydrogen) atoms. The fourth-order valence-corrected chi connectivity index (χ4v) is 7.03. The number of aromatic nitrogens is 4. The van der Waals surface area contributed by atoms with E-state index in [1.807, 2.05) is 41.1 Å². The Morgan fingerprint density at radius 2 is 1.49 bits per heavy atom. The summed E-state index contributed by atoms with van der Waals surface area (Å²) in [6, 6.07) is 35.6. The first-order valence-electron chi connectivity index (χ1n) is 17.0. The third kappa shape index (κ3) is 5.97. The number of nitrogens with zero attached hydrogens (tertiary/aromatic N) is 4. The van der Waals surface area contributed by atoms with Gasteiger partial charge in [-0.05, 0) is 84.7 Å². The molecule has 0 radical (unpaired) electrons. The second-order valence-electron chi connectivity index (χ2n) is 14.2. The summed E-state index contributed by atoms with van der Waals surface area (Å²) in [6.07, 6.45) is 1.79. The molecule has 0 aliphatic heterocycles. The summed E-state index contributed by atoms with van der Waals surface area (Å²) in [5, 5.41) is 7.25. The van der Waals surface area contributed by atoms with Crippen molar-refractivity contribution in [2.75, 3.05) is 7.11 Å². The molecule has 3 heterocycles. The van der Waals surface area contributed by atoms with Gasteiger partial charge in [0.1, 0.15) is 23.1 Å². The van der Waals surface area contributed by atoms with Crippen LogP contribution in [0.4, 0.5) is 0 Å². The molecule has 0 bridgehead atoms. The molecule has 6 heteroatoms. The normalized spacial score (nSPS) is 13.1. The number of hydrogen-bond donors (Lipinski definition) is 0. The molecular formula is C43H44N4O2. The highest BCUT2D eigenvalue weighted by molar-refractivity contribution is 6.09. The Bertz CT molecular complexity index is 2290. The van der Waals surface area contributed by atoms with Crippen LogP contribution in [0.2, 0.25) is 0 Å². The van der Waals surface area contributed by atoms with Gasteiger partial charge in [0, 0.05) is 46.4 Å². The van der Waals surface area contributed by atoms with E-state index in [0.717, 1.165) is 67.7 Å². The zero-order valence-electron chi connectivity index (χ0n) is 29.7. The van der Waals surface area contributed by atoms with Crippen molar-refractivity contribution < 1.29 is 9.47 Å². The van der Waals surface area contributed by atoms with Crippen LogP contribution in [0, 0.1) is 25.2 Å². The summed E-state index contributed by atoms with van der Waals surface area (Å²) in [6.45, 7) is 15.8. The summed E-state index contributed by atoms with van der Waals surface area (Å²) in [5.41, 5.74) is 8.99. The highest BCUT2D eigenvalue weighted by atomic mass is 16.5.